The van der Waals surface area contributed by atoms with Crippen LogP contribution in [0.15, 0.2) is 72.8 Å². The number of rotatable bonds is 20. The number of nitrogens with one attached hydrogen (secondary N) is 2. The van der Waals surface area contributed by atoms with E-state index in [1.807, 2.05) is 30.3 Å². The molecule has 3 aromatic carbocycles. The largest absolute Gasteiger partial charge is 0.487 e. The fourth-order valence-corrected chi connectivity index (χ4v) is 6.14. The van der Waals surface area contributed by atoms with Crippen molar-refractivity contribution in [3.8, 4) is 5.75 Å². The van der Waals surface area contributed by atoms with Crippen LogP contribution in [0.1, 0.15) is 68.7 Å². The second-order valence-corrected chi connectivity index (χ2v) is 14.7. The molecule has 0 spiro atoms. The van der Waals surface area contributed by atoms with E-state index in [1.165, 1.54) is 11.3 Å². The van der Waals surface area contributed by atoms with Crippen molar-refractivity contribution in [1.82, 2.24) is 5.32 Å². The van der Waals surface area contributed by atoms with Gasteiger partial charge in [-0.05, 0) is 93.3 Å². The van der Waals surface area contributed by atoms with Crippen LogP contribution in [0.3, 0.4) is 0 Å². The van der Waals surface area contributed by atoms with Crippen LogP contribution in [0, 0.1) is 0 Å². The smallest absolute Gasteiger partial charge is 0.229 e. The molecular formula is C37H53N3O6S. The molecule has 1 heterocycles. The highest BCUT2D eigenvalue weighted by molar-refractivity contribution is 7.92. The predicted octanol–water partition coefficient (Wildman–Crippen LogP) is 6.09. The lowest BCUT2D eigenvalue weighted by atomic mass is 9.96. The highest BCUT2D eigenvalue weighted by atomic mass is 32.2. The third kappa shape index (κ3) is 13.5. The van der Waals surface area contributed by atoms with Crippen molar-refractivity contribution in [2.75, 3.05) is 61.9 Å². The molecular weight excluding hydrogens is 614 g/mol. The van der Waals surface area contributed by atoms with Crippen molar-refractivity contribution in [2.24, 2.45) is 0 Å². The van der Waals surface area contributed by atoms with Gasteiger partial charge in [0.2, 0.25) is 10.0 Å². The van der Waals surface area contributed by atoms with Gasteiger partial charge in [0.15, 0.2) is 0 Å². The van der Waals surface area contributed by atoms with E-state index in [4.69, 9.17) is 14.2 Å². The Morgan fingerprint density at radius 3 is 2.32 bits per heavy atom. The molecule has 47 heavy (non-hydrogen) atoms. The van der Waals surface area contributed by atoms with E-state index in [-0.39, 0.29) is 5.54 Å². The summed E-state index contributed by atoms with van der Waals surface area (Å²) in [5.41, 5.74) is 4.35. The quantitative estimate of drug-likeness (QED) is 0.124. The highest BCUT2D eigenvalue weighted by Gasteiger charge is 2.20. The molecule has 1 atom stereocenters. The molecule has 0 aliphatic carbocycles. The normalized spacial score (nSPS) is 14.6. The highest BCUT2D eigenvalue weighted by Crippen LogP contribution is 2.30. The summed E-state index contributed by atoms with van der Waals surface area (Å²) in [5, 5.41) is 14.4. The molecule has 0 saturated carbocycles. The first-order valence-corrected chi connectivity index (χ1v) is 18.7. The number of benzene rings is 3. The number of nitrogens with zero attached hydrogens (tertiary/aromatic N) is 1. The number of morpholine rings is 1. The second kappa shape index (κ2) is 18.4. The van der Waals surface area contributed by atoms with Crippen LogP contribution in [0.2, 0.25) is 0 Å². The number of sulfonamides is 1. The number of anilines is 2. The predicted molar refractivity (Wildman–Crippen MR) is 190 cm³/mol. The minimum Gasteiger partial charge on any atom is -0.487 e. The fraction of sp³-hybridized carbons (Fsp3) is 0.514. The van der Waals surface area contributed by atoms with Crippen molar-refractivity contribution in [3.05, 3.63) is 89.5 Å². The molecule has 3 N–H and O–H groups in total. The van der Waals surface area contributed by atoms with Gasteiger partial charge in [-0.25, -0.2) is 8.42 Å². The molecule has 4 rings (SSSR count). The molecule has 10 heteroatoms. The molecule has 3 aromatic rings. The Morgan fingerprint density at radius 1 is 0.915 bits per heavy atom. The van der Waals surface area contributed by atoms with Crippen molar-refractivity contribution >= 4 is 21.4 Å². The zero-order chi connectivity index (χ0) is 33.5. The van der Waals surface area contributed by atoms with Crippen molar-refractivity contribution in [1.29, 1.82) is 0 Å². The molecule has 0 radical (unpaired) electrons. The fourth-order valence-electron chi connectivity index (χ4n) is 5.58. The van der Waals surface area contributed by atoms with Gasteiger partial charge in [-0.15, -0.1) is 0 Å². The summed E-state index contributed by atoms with van der Waals surface area (Å²) in [5.74, 6) is 0.403. The van der Waals surface area contributed by atoms with E-state index in [0.29, 0.717) is 30.2 Å². The van der Waals surface area contributed by atoms with Gasteiger partial charge in [-0.1, -0.05) is 48.5 Å². The first-order valence-electron chi connectivity index (χ1n) is 16.8. The van der Waals surface area contributed by atoms with Crippen LogP contribution in [0.5, 0.6) is 5.75 Å². The minimum absolute atomic E-state index is 0.176. The maximum absolute atomic E-state index is 12.0. The Balaban J connectivity index is 1.11. The standard InChI is InChI=1S/C37H53N3O6S/c1-37(2,20-8-10-24-44-23-9-7-11-30-14-17-33(18-15-30)40-21-25-45-26-22-40)38-28-35(41)32-16-19-36(34(27-32)39-47(3,42)43)46-29-31-12-5-4-6-13-31/h4-6,12-19,27,35,38-39,41H,7-11,20-26,28-29H2,1-3H3. The molecule has 0 bridgehead atoms. The first kappa shape index (κ1) is 36.7. The van der Waals surface area contributed by atoms with Crippen LogP contribution in [-0.4, -0.2) is 71.4 Å². The van der Waals surface area contributed by atoms with E-state index >= 15 is 0 Å². The Morgan fingerprint density at radius 2 is 1.62 bits per heavy atom. The summed E-state index contributed by atoms with van der Waals surface area (Å²) in [6.07, 6.45) is 6.46. The molecule has 0 amide bonds. The average Bonchev–Trinajstić information content (AvgIpc) is 3.06. The number of hydrogen-bond donors (Lipinski definition) is 3. The molecule has 1 fully saturated rings. The van der Waals surface area contributed by atoms with Crippen LogP contribution in [0.4, 0.5) is 11.4 Å². The van der Waals surface area contributed by atoms with E-state index in [2.05, 4.69) is 53.1 Å². The number of aliphatic hydroxyl groups is 1. The van der Waals surface area contributed by atoms with Crippen molar-refractivity contribution in [3.63, 3.8) is 0 Å². The minimum atomic E-state index is -3.54. The second-order valence-electron chi connectivity index (χ2n) is 13.0. The Bertz CT molecular complexity index is 1440. The first-order chi connectivity index (χ1) is 22.6. The van der Waals surface area contributed by atoms with Crippen molar-refractivity contribution < 1.29 is 27.7 Å². The Kier molecular flexibility index (Phi) is 14.4. The zero-order valence-corrected chi connectivity index (χ0v) is 29.1. The third-order valence-corrected chi connectivity index (χ3v) is 8.94. The van der Waals surface area contributed by atoms with Crippen LogP contribution in [0.25, 0.3) is 0 Å². The number of ether oxygens (including phenoxy) is 3. The topological polar surface area (TPSA) is 109 Å². The van der Waals surface area contributed by atoms with Gasteiger partial charge in [0.25, 0.3) is 0 Å². The van der Waals surface area contributed by atoms with E-state index in [0.717, 1.165) is 89.9 Å². The maximum atomic E-state index is 12.0. The van der Waals surface area contributed by atoms with Gasteiger partial charge >= 0.3 is 0 Å². The Labute approximate surface area is 281 Å². The summed E-state index contributed by atoms with van der Waals surface area (Å²) >= 11 is 0. The summed E-state index contributed by atoms with van der Waals surface area (Å²) in [7, 11) is -3.54. The van der Waals surface area contributed by atoms with Gasteiger partial charge in [0.1, 0.15) is 12.4 Å². The van der Waals surface area contributed by atoms with E-state index in [9.17, 15) is 13.5 Å². The SMILES string of the molecule is CC(C)(CCCCOCCCCc1ccc(N2CCOCC2)cc1)NCC(O)c1ccc(OCc2ccccc2)c(NS(C)(=O)=O)c1. The van der Waals surface area contributed by atoms with Crippen LogP contribution < -0.4 is 19.7 Å². The maximum Gasteiger partial charge on any atom is 0.229 e. The number of aryl methyl sites for hydroxylation is 1. The molecule has 1 saturated heterocycles. The number of aliphatic hydroxyl groups excluding tert-OH is 1. The molecule has 1 aliphatic rings. The summed E-state index contributed by atoms with van der Waals surface area (Å²) in [6, 6.07) is 23.7. The summed E-state index contributed by atoms with van der Waals surface area (Å²) in [4.78, 5) is 2.38. The summed E-state index contributed by atoms with van der Waals surface area (Å²) < 4.78 is 43.8. The van der Waals surface area contributed by atoms with Gasteiger partial charge < -0.3 is 29.5 Å². The number of unbranched alkanes of at least 4 members (excludes halogenated alkanes) is 2. The molecule has 0 aromatic heterocycles. The lowest BCUT2D eigenvalue weighted by molar-refractivity contribution is 0.122. The monoisotopic (exact) mass is 667 g/mol. The Hall–Kier alpha value is -3.15. The van der Waals surface area contributed by atoms with Crippen molar-refractivity contribution in [2.45, 2.75) is 70.6 Å². The number of β-amino-alcohol motifs (C(OH)–C–C–N with tert-alkyl or cyclic N) is 1. The molecule has 1 unspecified atom stereocenters. The lowest BCUT2D eigenvalue weighted by Gasteiger charge is -2.28. The van der Waals surface area contributed by atoms with Gasteiger partial charge in [-0.3, -0.25) is 4.72 Å². The number of hydrogen-bond acceptors (Lipinski definition) is 8. The average molecular weight is 668 g/mol. The zero-order valence-electron chi connectivity index (χ0n) is 28.2. The van der Waals surface area contributed by atoms with Gasteiger partial charge in [0.05, 0.1) is 31.3 Å². The lowest BCUT2D eigenvalue weighted by Crippen LogP contribution is -2.41. The molecule has 1 aliphatic heterocycles. The molecule has 9 nitrogen and oxygen atoms in total. The van der Waals surface area contributed by atoms with E-state index in [1.54, 1.807) is 18.2 Å². The summed E-state index contributed by atoms with van der Waals surface area (Å²) in [6.45, 7) is 9.97. The van der Waals surface area contributed by atoms with Gasteiger partial charge in [-0.2, -0.15) is 0 Å². The molecule has 258 valence electrons. The van der Waals surface area contributed by atoms with E-state index < -0.39 is 16.1 Å². The van der Waals surface area contributed by atoms with Crippen LogP contribution >= 0.6 is 0 Å². The van der Waals surface area contributed by atoms with Crippen LogP contribution in [-0.2, 0) is 32.5 Å². The van der Waals surface area contributed by atoms with Gasteiger partial charge in [0, 0.05) is 44.1 Å². The third-order valence-electron chi connectivity index (χ3n) is 8.35.